The Balaban J connectivity index is 3.64. The van der Waals surface area contributed by atoms with Crippen LogP contribution in [0.15, 0.2) is 0 Å². The van der Waals surface area contributed by atoms with Crippen LogP contribution in [0.1, 0.15) is 69.2 Å². The quantitative estimate of drug-likeness (QED) is 0.682. The highest BCUT2D eigenvalue weighted by molar-refractivity contribution is 5.23. The summed E-state index contributed by atoms with van der Waals surface area (Å²) in [6.45, 7) is 24.4. The summed E-state index contributed by atoms with van der Waals surface area (Å²) in [6, 6.07) is 0. The molecule has 0 saturated carbocycles. The highest BCUT2D eigenvalue weighted by Gasteiger charge is 2.71. The van der Waals surface area contributed by atoms with Crippen molar-refractivity contribution < 1.29 is 0 Å². The molecule has 0 aromatic heterocycles. The maximum Gasteiger partial charge on any atom is 0.0217 e. The lowest BCUT2D eigenvalue weighted by Gasteiger charge is -2.55. The minimum Gasteiger partial charge on any atom is -0.295 e. The summed E-state index contributed by atoms with van der Waals surface area (Å²) >= 11 is 0. The molecule has 0 unspecified atom stereocenters. The second kappa shape index (κ2) is 3.98. The molecule has 0 bridgehead atoms. The molecule has 18 heavy (non-hydrogen) atoms. The van der Waals surface area contributed by atoms with Crippen LogP contribution in [-0.2, 0) is 0 Å². The van der Waals surface area contributed by atoms with E-state index in [2.05, 4.69) is 81.2 Å². The fraction of sp³-hybridized carbons (Fsp3) is 1.00. The lowest BCUT2D eigenvalue weighted by molar-refractivity contribution is -0.0473. The van der Waals surface area contributed by atoms with Crippen LogP contribution in [0.25, 0.3) is 0 Å². The van der Waals surface area contributed by atoms with Crippen molar-refractivity contribution in [2.45, 2.75) is 80.3 Å². The Labute approximate surface area is 115 Å². The van der Waals surface area contributed by atoms with E-state index in [0.717, 1.165) is 0 Å². The molecule has 1 nitrogen and oxygen atoms in total. The number of nitrogens with zero attached hydrogens (tertiary/aromatic N) is 1. The summed E-state index contributed by atoms with van der Waals surface area (Å²) in [7, 11) is 2.31. The van der Waals surface area contributed by atoms with Gasteiger partial charge in [0.2, 0.25) is 0 Å². The Hall–Kier alpha value is -0.0400. The van der Waals surface area contributed by atoms with E-state index in [1.54, 1.807) is 0 Å². The summed E-state index contributed by atoms with van der Waals surface area (Å²) in [5, 5.41) is 0. The molecule has 1 rings (SSSR count). The van der Waals surface area contributed by atoms with Gasteiger partial charge in [-0.3, -0.25) is 4.90 Å². The molecule has 0 spiro atoms. The van der Waals surface area contributed by atoms with Gasteiger partial charge in [0.05, 0.1) is 0 Å². The number of rotatable bonds is 2. The third-order valence-corrected chi connectivity index (χ3v) is 7.61. The molecule has 0 aromatic carbocycles. The van der Waals surface area contributed by atoms with Crippen LogP contribution < -0.4 is 0 Å². The summed E-state index contributed by atoms with van der Waals surface area (Å²) in [6.07, 6.45) is 0. The molecule has 0 aliphatic carbocycles. The zero-order chi connectivity index (χ0) is 14.7. The van der Waals surface area contributed by atoms with E-state index in [9.17, 15) is 0 Å². The SMILES string of the molecule is CC(C)[C@]1(C)C(C)(C)N(C)C(C)(C)[C@@]1(C)C(C)C. The van der Waals surface area contributed by atoms with Crippen LogP contribution in [0.4, 0.5) is 0 Å². The highest BCUT2D eigenvalue weighted by atomic mass is 15.3. The fourth-order valence-electron chi connectivity index (χ4n) is 5.28. The van der Waals surface area contributed by atoms with Gasteiger partial charge in [-0.05, 0) is 57.4 Å². The molecular weight excluding hydrogens is 218 g/mol. The van der Waals surface area contributed by atoms with Gasteiger partial charge < -0.3 is 0 Å². The zero-order valence-electron chi connectivity index (χ0n) is 14.6. The van der Waals surface area contributed by atoms with Crippen molar-refractivity contribution in [3.05, 3.63) is 0 Å². The Kier molecular flexibility index (Phi) is 3.54. The van der Waals surface area contributed by atoms with Crippen LogP contribution in [0.5, 0.6) is 0 Å². The normalized spacial score (nSPS) is 39.8. The summed E-state index contributed by atoms with van der Waals surface area (Å²) in [5.41, 5.74) is 1.02. The predicted molar refractivity (Wildman–Crippen MR) is 81.8 cm³/mol. The maximum atomic E-state index is 2.62. The van der Waals surface area contributed by atoms with E-state index in [4.69, 9.17) is 0 Å². The summed E-state index contributed by atoms with van der Waals surface area (Å²) in [5.74, 6) is 1.34. The summed E-state index contributed by atoms with van der Waals surface area (Å²) in [4.78, 5) is 2.62. The van der Waals surface area contributed by atoms with Crippen molar-refractivity contribution in [3.8, 4) is 0 Å². The fourth-order valence-corrected chi connectivity index (χ4v) is 5.28. The van der Waals surface area contributed by atoms with Crippen LogP contribution in [0.3, 0.4) is 0 Å². The number of likely N-dealkylation sites (tertiary alicyclic amines) is 1. The van der Waals surface area contributed by atoms with Crippen molar-refractivity contribution in [1.29, 1.82) is 0 Å². The molecule has 0 amide bonds. The zero-order valence-corrected chi connectivity index (χ0v) is 14.6. The monoisotopic (exact) mass is 253 g/mol. The topological polar surface area (TPSA) is 3.24 Å². The van der Waals surface area contributed by atoms with Gasteiger partial charge in [-0.2, -0.15) is 0 Å². The van der Waals surface area contributed by atoms with Crippen molar-refractivity contribution in [2.75, 3.05) is 7.05 Å². The van der Waals surface area contributed by atoms with Crippen LogP contribution in [0.2, 0.25) is 0 Å². The van der Waals surface area contributed by atoms with Crippen LogP contribution >= 0.6 is 0 Å². The van der Waals surface area contributed by atoms with E-state index < -0.39 is 0 Å². The van der Waals surface area contributed by atoms with Gasteiger partial charge in [0.15, 0.2) is 0 Å². The third kappa shape index (κ3) is 1.38. The molecule has 108 valence electrons. The smallest absolute Gasteiger partial charge is 0.0217 e. The molecular formula is C17H35N. The molecule has 0 N–H and O–H groups in total. The first-order chi connectivity index (χ1) is 7.79. The van der Waals surface area contributed by atoms with E-state index in [1.165, 1.54) is 0 Å². The van der Waals surface area contributed by atoms with Gasteiger partial charge in [-0.25, -0.2) is 0 Å². The van der Waals surface area contributed by atoms with Gasteiger partial charge in [0.1, 0.15) is 0 Å². The minimum atomic E-state index is 0.212. The standard InChI is InChI=1S/C17H35N/c1-12(2)16(9)14(5,6)18(11)15(7,8)17(16,10)13(3)4/h12-13H,1-11H3/t16-,17-/m1/s1. The van der Waals surface area contributed by atoms with E-state index in [0.29, 0.717) is 22.7 Å². The lowest BCUT2D eigenvalue weighted by atomic mass is 9.48. The van der Waals surface area contributed by atoms with Gasteiger partial charge >= 0.3 is 0 Å². The Morgan fingerprint density at radius 3 is 1.00 bits per heavy atom. The molecule has 2 atom stereocenters. The molecule has 1 aliphatic rings. The van der Waals surface area contributed by atoms with Gasteiger partial charge in [0, 0.05) is 11.1 Å². The highest BCUT2D eigenvalue weighted by Crippen LogP contribution is 2.68. The Bertz CT molecular complexity index is 295. The lowest BCUT2D eigenvalue weighted by Crippen LogP contribution is -2.55. The Morgan fingerprint density at radius 2 is 0.833 bits per heavy atom. The molecule has 1 aliphatic heterocycles. The van der Waals surface area contributed by atoms with Gasteiger partial charge in [-0.1, -0.05) is 41.5 Å². The van der Waals surface area contributed by atoms with Crippen LogP contribution in [0, 0.1) is 22.7 Å². The van der Waals surface area contributed by atoms with Crippen molar-refractivity contribution in [3.63, 3.8) is 0 Å². The predicted octanol–water partition coefficient (Wildman–Crippen LogP) is 4.81. The molecule has 1 saturated heterocycles. The minimum absolute atomic E-state index is 0.212. The van der Waals surface area contributed by atoms with Crippen molar-refractivity contribution in [1.82, 2.24) is 4.90 Å². The summed E-state index contributed by atoms with van der Waals surface area (Å²) < 4.78 is 0. The first-order valence-corrected chi connectivity index (χ1v) is 7.53. The largest absolute Gasteiger partial charge is 0.295 e. The Morgan fingerprint density at radius 1 is 0.611 bits per heavy atom. The van der Waals surface area contributed by atoms with E-state index in [1.807, 2.05) is 0 Å². The molecule has 0 radical (unpaired) electrons. The second-order valence-corrected chi connectivity index (χ2v) is 8.39. The third-order valence-electron chi connectivity index (χ3n) is 7.61. The molecule has 1 heterocycles. The van der Waals surface area contributed by atoms with E-state index in [-0.39, 0.29) is 11.1 Å². The van der Waals surface area contributed by atoms with Crippen LogP contribution in [-0.4, -0.2) is 23.0 Å². The molecule has 1 fully saturated rings. The van der Waals surface area contributed by atoms with E-state index >= 15 is 0 Å². The first kappa shape index (κ1) is 16.0. The first-order valence-electron chi connectivity index (χ1n) is 7.53. The van der Waals surface area contributed by atoms with Gasteiger partial charge in [0.25, 0.3) is 0 Å². The van der Waals surface area contributed by atoms with Crippen molar-refractivity contribution >= 4 is 0 Å². The number of hydrogen-bond acceptors (Lipinski definition) is 1. The average molecular weight is 253 g/mol. The van der Waals surface area contributed by atoms with Gasteiger partial charge in [-0.15, -0.1) is 0 Å². The van der Waals surface area contributed by atoms with Crippen molar-refractivity contribution in [2.24, 2.45) is 22.7 Å². The number of hydrogen-bond donors (Lipinski definition) is 0. The second-order valence-electron chi connectivity index (χ2n) is 8.39. The average Bonchev–Trinajstić information content (AvgIpc) is 2.30. The maximum absolute atomic E-state index is 2.62. The molecule has 1 heteroatoms. The molecule has 0 aromatic rings.